The van der Waals surface area contributed by atoms with Gasteiger partial charge < -0.3 is 9.80 Å². The first-order valence-electron chi connectivity index (χ1n) is 10.1. The van der Waals surface area contributed by atoms with Crippen molar-refractivity contribution in [3.05, 3.63) is 53.6 Å². The Kier molecular flexibility index (Phi) is 5.68. The van der Waals surface area contributed by atoms with Crippen molar-refractivity contribution in [2.45, 2.75) is 18.8 Å². The van der Waals surface area contributed by atoms with Gasteiger partial charge in [0.05, 0.1) is 17.5 Å². The van der Waals surface area contributed by atoms with Crippen LogP contribution in [-0.2, 0) is 0 Å². The van der Waals surface area contributed by atoms with Crippen LogP contribution in [-0.4, -0.2) is 76.1 Å². The number of halogens is 2. The van der Waals surface area contributed by atoms with E-state index in [9.17, 15) is 18.4 Å². The Bertz CT molecular complexity index is 1180. The van der Waals surface area contributed by atoms with E-state index in [-0.39, 0.29) is 37.7 Å². The molecule has 0 unspecified atom stereocenters. The van der Waals surface area contributed by atoms with Crippen LogP contribution < -0.4 is 0 Å². The fraction of sp³-hybridized carbons (Fsp3) is 0.318. The van der Waals surface area contributed by atoms with Crippen LogP contribution in [0.5, 0.6) is 0 Å². The molecule has 1 saturated heterocycles. The summed E-state index contributed by atoms with van der Waals surface area (Å²) in [6, 6.07) is 11.8. The number of likely N-dealkylation sites (tertiary alicyclic amines) is 1. The van der Waals surface area contributed by atoms with Crippen molar-refractivity contribution in [3.8, 4) is 5.69 Å². The highest BCUT2D eigenvalue weighted by molar-refractivity contribution is 5.99. The van der Waals surface area contributed by atoms with E-state index < -0.39 is 5.92 Å². The highest BCUT2D eigenvalue weighted by atomic mass is 19.3. The molecule has 0 radical (unpaired) electrons. The van der Waals surface area contributed by atoms with Crippen molar-refractivity contribution in [3.63, 3.8) is 0 Å². The van der Waals surface area contributed by atoms with E-state index in [1.807, 2.05) is 0 Å². The number of carbonyl (C=O) groups excluding carboxylic acids is 2. The predicted molar refractivity (Wildman–Crippen MR) is 115 cm³/mol. The van der Waals surface area contributed by atoms with Crippen molar-refractivity contribution in [2.24, 2.45) is 4.99 Å². The number of alkyl halides is 2. The van der Waals surface area contributed by atoms with Gasteiger partial charge in [-0.25, -0.2) is 13.5 Å². The van der Waals surface area contributed by atoms with E-state index in [0.717, 1.165) is 0 Å². The van der Waals surface area contributed by atoms with Gasteiger partial charge in [0.2, 0.25) is 0 Å². The molecule has 0 spiro atoms. The molecule has 0 atom stereocenters. The molecule has 0 aliphatic carbocycles. The number of hydrogen-bond acceptors (Lipinski definition) is 4. The summed E-state index contributed by atoms with van der Waals surface area (Å²) in [7, 11) is 3.55. The van der Waals surface area contributed by atoms with Gasteiger partial charge >= 0.3 is 0 Å². The first-order chi connectivity index (χ1) is 15.2. The van der Waals surface area contributed by atoms with E-state index >= 15 is 0 Å². The smallest absolute Gasteiger partial charge is 0.278 e. The van der Waals surface area contributed by atoms with Crippen molar-refractivity contribution in [1.82, 2.24) is 24.8 Å². The summed E-state index contributed by atoms with van der Waals surface area (Å²) >= 11 is 0. The van der Waals surface area contributed by atoms with Crippen LogP contribution in [0.2, 0.25) is 0 Å². The number of piperidine rings is 1. The van der Waals surface area contributed by atoms with Crippen LogP contribution >= 0.6 is 0 Å². The van der Waals surface area contributed by atoms with E-state index in [0.29, 0.717) is 27.8 Å². The van der Waals surface area contributed by atoms with Gasteiger partial charge in [-0.3, -0.25) is 9.59 Å². The number of benzene rings is 2. The number of aliphatic imine (C=N–C) groups is 1. The molecule has 8 nitrogen and oxygen atoms in total. The molecule has 1 aliphatic heterocycles. The standard InChI is InChI=1S/C22H22F2N6O2/c1-28(2)14-25-20(31)15-3-6-17(7-4-15)30-19-8-5-16(13-18(19)26-27-30)21(32)29-11-9-22(23,24)10-12-29/h3-8,13-14H,9-12H2,1-2H3/b25-14+. The van der Waals surface area contributed by atoms with Gasteiger partial charge in [0.1, 0.15) is 5.52 Å². The fourth-order valence-corrected chi connectivity index (χ4v) is 3.45. The zero-order valence-electron chi connectivity index (χ0n) is 17.7. The number of aromatic nitrogens is 3. The summed E-state index contributed by atoms with van der Waals surface area (Å²) in [4.78, 5) is 31.8. The van der Waals surface area contributed by atoms with Crippen LogP contribution in [0.25, 0.3) is 16.7 Å². The Morgan fingerprint density at radius 1 is 1.06 bits per heavy atom. The minimum atomic E-state index is -2.71. The van der Waals surface area contributed by atoms with Gasteiger partial charge in [0, 0.05) is 51.2 Å². The second-order valence-electron chi connectivity index (χ2n) is 7.91. The number of rotatable bonds is 4. The topological polar surface area (TPSA) is 83.7 Å². The van der Waals surface area contributed by atoms with E-state index in [4.69, 9.17) is 0 Å². The van der Waals surface area contributed by atoms with Gasteiger partial charge in [0.15, 0.2) is 0 Å². The summed E-state index contributed by atoms with van der Waals surface area (Å²) in [5.41, 5.74) is 2.70. The van der Waals surface area contributed by atoms with E-state index in [1.54, 1.807) is 66.1 Å². The Morgan fingerprint density at radius 3 is 2.38 bits per heavy atom. The van der Waals surface area contributed by atoms with Gasteiger partial charge in [0.25, 0.3) is 17.7 Å². The lowest BCUT2D eigenvalue weighted by molar-refractivity contribution is -0.0494. The van der Waals surface area contributed by atoms with Crippen molar-refractivity contribution in [1.29, 1.82) is 0 Å². The highest BCUT2D eigenvalue weighted by Crippen LogP contribution is 2.28. The minimum absolute atomic E-state index is 0.0280. The molecule has 2 heterocycles. The Balaban J connectivity index is 1.53. The third-order valence-corrected chi connectivity index (χ3v) is 5.24. The summed E-state index contributed by atoms with van der Waals surface area (Å²) in [5, 5.41) is 8.29. The number of nitrogens with zero attached hydrogens (tertiary/aromatic N) is 6. The molecule has 0 bridgehead atoms. The van der Waals surface area contributed by atoms with Crippen LogP contribution in [0.4, 0.5) is 8.78 Å². The molecule has 1 fully saturated rings. The summed E-state index contributed by atoms with van der Waals surface area (Å²) in [6.45, 7) is 0.0560. The quantitative estimate of drug-likeness (QED) is 0.460. The molecular weight excluding hydrogens is 418 g/mol. The van der Waals surface area contributed by atoms with Gasteiger partial charge in [-0.05, 0) is 42.5 Å². The molecule has 2 aromatic carbocycles. The minimum Gasteiger partial charge on any atom is -0.369 e. The highest BCUT2D eigenvalue weighted by Gasteiger charge is 2.35. The van der Waals surface area contributed by atoms with E-state index in [1.165, 1.54) is 11.2 Å². The first kappa shape index (κ1) is 21.5. The number of carbonyl (C=O) groups is 2. The molecule has 3 aromatic rings. The molecule has 10 heteroatoms. The largest absolute Gasteiger partial charge is 0.369 e. The molecule has 1 aromatic heterocycles. The lowest BCUT2D eigenvalue weighted by Crippen LogP contribution is -2.42. The average molecular weight is 440 g/mol. The maximum Gasteiger partial charge on any atom is 0.278 e. The Morgan fingerprint density at radius 2 is 1.72 bits per heavy atom. The van der Waals surface area contributed by atoms with Crippen molar-refractivity contribution < 1.29 is 18.4 Å². The molecule has 1 aliphatic rings. The Labute approximate surface area is 183 Å². The molecule has 32 heavy (non-hydrogen) atoms. The molecule has 4 rings (SSSR count). The van der Waals surface area contributed by atoms with Crippen LogP contribution in [0.15, 0.2) is 47.5 Å². The lowest BCUT2D eigenvalue weighted by Gasteiger charge is -2.31. The number of fused-ring (bicyclic) bond motifs is 1. The SMILES string of the molecule is CN(C)/C=N/C(=O)c1ccc(-n2nnc3cc(C(=O)N4CCC(F)(F)CC4)ccc32)cc1. The van der Waals surface area contributed by atoms with Crippen LogP contribution in [0, 0.1) is 0 Å². The molecule has 0 saturated carbocycles. The maximum absolute atomic E-state index is 13.4. The van der Waals surface area contributed by atoms with E-state index in [2.05, 4.69) is 15.3 Å². The van der Waals surface area contributed by atoms with Gasteiger partial charge in [-0.15, -0.1) is 5.10 Å². The van der Waals surface area contributed by atoms with Crippen molar-refractivity contribution in [2.75, 3.05) is 27.2 Å². The second kappa shape index (κ2) is 8.45. The van der Waals surface area contributed by atoms with Gasteiger partial charge in [-0.2, -0.15) is 4.99 Å². The molecule has 166 valence electrons. The monoisotopic (exact) mass is 440 g/mol. The third kappa shape index (κ3) is 4.48. The predicted octanol–water partition coefficient (Wildman–Crippen LogP) is 3.02. The van der Waals surface area contributed by atoms with Crippen molar-refractivity contribution >= 4 is 29.2 Å². The summed E-state index contributed by atoms with van der Waals surface area (Å²) < 4.78 is 28.3. The summed E-state index contributed by atoms with van der Waals surface area (Å²) in [6.07, 6.45) is 0.793. The normalized spacial score (nSPS) is 15.9. The zero-order chi connectivity index (χ0) is 22.9. The molecule has 0 N–H and O–H groups in total. The lowest BCUT2D eigenvalue weighted by atomic mass is 10.1. The van der Waals surface area contributed by atoms with Gasteiger partial charge in [-0.1, -0.05) is 5.21 Å². The van der Waals surface area contributed by atoms with Crippen LogP contribution in [0.3, 0.4) is 0 Å². The molecular formula is C22H22F2N6O2. The number of hydrogen-bond donors (Lipinski definition) is 0. The summed E-state index contributed by atoms with van der Waals surface area (Å²) in [5.74, 6) is -3.35. The van der Waals surface area contributed by atoms with Crippen LogP contribution in [0.1, 0.15) is 33.6 Å². The second-order valence-corrected chi connectivity index (χ2v) is 7.91. The average Bonchev–Trinajstić information content (AvgIpc) is 3.20. The molecule has 2 amide bonds. The Hall–Kier alpha value is -3.69. The maximum atomic E-state index is 13.4. The fourth-order valence-electron chi connectivity index (χ4n) is 3.45. The zero-order valence-corrected chi connectivity index (χ0v) is 17.7. The first-order valence-corrected chi connectivity index (χ1v) is 10.1. The number of amides is 2. The third-order valence-electron chi connectivity index (χ3n) is 5.24.